The fraction of sp³-hybridized carbons (Fsp3) is 0.0769. The third-order valence-corrected chi connectivity index (χ3v) is 2.75. The van der Waals surface area contributed by atoms with Crippen LogP contribution in [0.3, 0.4) is 0 Å². The van der Waals surface area contributed by atoms with E-state index in [0.717, 1.165) is 0 Å². The summed E-state index contributed by atoms with van der Waals surface area (Å²) in [7, 11) is 0. The largest absolute Gasteiger partial charge is 0.376 e. The smallest absolute Gasteiger partial charge is 0.185 e. The number of halogens is 5. The van der Waals surface area contributed by atoms with Gasteiger partial charge in [0.2, 0.25) is 0 Å². The molecule has 1 N–H and O–H groups in total. The summed E-state index contributed by atoms with van der Waals surface area (Å²) in [5, 5.41) is 2.84. The van der Waals surface area contributed by atoms with Crippen molar-refractivity contribution in [3.63, 3.8) is 0 Å². The van der Waals surface area contributed by atoms with Crippen molar-refractivity contribution in [1.29, 1.82) is 0 Å². The van der Waals surface area contributed by atoms with Crippen LogP contribution in [-0.2, 0) is 6.54 Å². The molecule has 2 aromatic carbocycles. The van der Waals surface area contributed by atoms with E-state index in [1.54, 1.807) is 24.3 Å². The monoisotopic (exact) mass is 289 g/mol. The van der Waals surface area contributed by atoms with Crippen LogP contribution in [0.15, 0.2) is 30.3 Å². The molecule has 2 rings (SSSR count). The molecular formula is C13H8ClF4N. The summed E-state index contributed by atoms with van der Waals surface area (Å²) in [5.41, 5.74) is -0.166. The third kappa shape index (κ3) is 2.98. The van der Waals surface area contributed by atoms with Gasteiger partial charge in [0.05, 0.1) is 0 Å². The molecule has 0 saturated carbocycles. The standard InChI is InChI=1S/C13H8ClF4N/c14-8-3-1-7(2-4-8)6-19-13-11(17)9(15)5-10(16)12(13)18/h1-5,19H,6H2. The van der Waals surface area contributed by atoms with Crippen LogP contribution in [0.25, 0.3) is 0 Å². The van der Waals surface area contributed by atoms with Crippen molar-refractivity contribution in [2.75, 3.05) is 5.32 Å². The van der Waals surface area contributed by atoms with Crippen molar-refractivity contribution >= 4 is 17.3 Å². The van der Waals surface area contributed by atoms with Gasteiger partial charge in [-0.2, -0.15) is 0 Å². The SMILES string of the molecule is Fc1cc(F)c(F)c(NCc2ccc(Cl)cc2)c1F. The second-order valence-electron chi connectivity index (χ2n) is 3.82. The zero-order chi connectivity index (χ0) is 14.0. The number of nitrogens with one attached hydrogen (secondary N) is 1. The lowest BCUT2D eigenvalue weighted by Gasteiger charge is -2.10. The molecule has 0 amide bonds. The molecule has 19 heavy (non-hydrogen) atoms. The lowest BCUT2D eigenvalue weighted by Crippen LogP contribution is -2.07. The topological polar surface area (TPSA) is 12.0 Å². The van der Waals surface area contributed by atoms with Gasteiger partial charge in [-0.3, -0.25) is 0 Å². The van der Waals surface area contributed by atoms with Gasteiger partial charge in [-0.25, -0.2) is 17.6 Å². The highest BCUT2D eigenvalue weighted by molar-refractivity contribution is 6.30. The zero-order valence-corrected chi connectivity index (χ0v) is 10.2. The van der Waals surface area contributed by atoms with Crippen molar-refractivity contribution in [2.24, 2.45) is 0 Å². The number of anilines is 1. The van der Waals surface area contributed by atoms with Gasteiger partial charge in [-0.1, -0.05) is 23.7 Å². The highest BCUT2D eigenvalue weighted by Crippen LogP contribution is 2.24. The van der Waals surface area contributed by atoms with Gasteiger partial charge in [0.25, 0.3) is 0 Å². The van der Waals surface area contributed by atoms with Gasteiger partial charge in [0.1, 0.15) is 5.69 Å². The summed E-state index contributed by atoms with van der Waals surface area (Å²) >= 11 is 5.68. The fourth-order valence-electron chi connectivity index (χ4n) is 1.52. The molecule has 0 spiro atoms. The second kappa shape index (κ2) is 5.48. The average molecular weight is 290 g/mol. The molecule has 6 heteroatoms. The minimum absolute atomic E-state index is 0.00784. The molecule has 100 valence electrons. The van der Waals surface area contributed by atoms with E-state index in [2.05, 4.69) is 5.32 Å². The first kappa shape index (κ1) is 13.7. The lowest BCUT2D eigenvalue weighted by molar-refractivity contribution is 0.458. The second-order valence-corrected chi connectivity index (χ2v) is 4.26. The molecule has 0 saturated heterocycles. The average Bonchev–Trinajstić information content (AvgIpc) is 2.38. The Morgan fingerprint density at radius 1 is 0.895 bits per heavy atom. The minimum atomic E-state index is -1.45. The molecule has 2 aromatic rings. The lowest BCUT2D eigenvalue weighted by atomic mass is 10.2. The summed E-state index contributed by atoms with van der Waals surface area (Å²) in [4.78, 5) is 0. The van der Waals surface area contributed by atoms with Crippen molar-refractivity contribution in [2.45, 2.75) is 6.54 Å². The van der Waals surface area contributed by atoms with Gasteiger partial charge in [0, 0.05) is 17.6 Å². The van der Waals surface area contributed by atoms with Crippen molar-refractivity contribution in [3.8, 4) is 0 Å². The maximum Gasteiger partial charge on any atom is 0.185 e. The molecule has 0 aliphatic carbocycles. The Labute approximate surface area is 111 Å². The summed E-state index contributed by atoms with van der Waals surface area (Å²) in [6.45, 7) is 0.00784. The highest BCUT2D eigenvalue weighted by atomic mass is 35.5. The van der Waals surface area contributed by atoms with Gasteiger partial charge < -0.3 is 5.32 Å². The first-order chi connectivity index (χ1) is 8.99. The predicted octanol–water partition coefficient (Wildman–Crippen LogP) is 4.51. The molecule has 0 bridgehead atoms. The Morgan fingerprint density at radius 2 is 1.42 bits per heavy atom. The Balaban J connectivity index is 2.22. The summed E-state index contributed by atoms with van der Waals surface area (Å²) < 4.78 is 52.6. The minimum Gasteiger partial charge on any atom is -0.376 e. The Kier molecular flexibility index (Phi) is 3.95. The van der Waals surface area contributed by atoms with Crippen LogP contribution in [0.2, 0.25) is 5.02 Å². The quantitative estimate of drug-likeness (QED) is 0.647. The Morgan fingerprint density at radius 3 is 1.95 bits per heavy atom. The first-order valence-electron chi connectivity index (χ1n) is 5.30. The molecular weight excluding hydrogens is 282 g/mol. The van der Waals surface area contributed by atoms with Gasteiger partial charge in [0.15, 0.2) is 23.3 Å². The van der Waals surface area contributed by atoms with Crippen LogP contribution < -0.4 is 5.32 Å². The maximum atomic E-state index is 13.3. The molecule has 0 aromatic heterocycles. The van der Waals surface area contributed by atoms with E-state index in [4.69, 9.17) is 11.6 Å². The molecule has 0 fully saturated rings. The molecule has 0 radical (unpaired) electrons. The number of rotatable bonds is 3. The number of hydrogen-bond acceptors (Lipinski definition) is 1. The zero-order valence-electron chi connectivity index (χ0n) is 9.48. The summed E-state index contributed by atoms with van der Waals surface area (Å²) in [6, 6.07) is 6.61. The van der Waals surface area contributed by atoms with E-state index in [1.807, 2.05) is 0 Å². The molecule has 0 atom stereocenters. The first-order valence-corrected chi connectivity index (χ1v) is 5.68. The number of benzene rings is 2. The van der Waals surface area contributed by atoms with Crippen molar-refractivity contribution in [1.82, 2.24) is 0 Å². The van der Waals surface area contributed by atoms with Gasteiger partial charge >= 0.3 is 0 Å². The normalized spacial score (nSPS) is 10.6. The van der Waals surface area contributed by atoms with Crippen LogP contribution >= 0.6 is 11.6 Å². The highest BCUT2D eigenvalue weighted by Gasteiger charge is 2.18. The molecule has 0 aliphatic heterocycles. The summed E-state index contributed by atoms with van der Waals surface area (Å²) in [6.07, 6.45) is 0. The molecule has 0 heterocycles. The fourth-order valence-corrected chi connectivity index (χ4v) is 1.65. The van der Waals surface area contributed by atoms with Crippen LogP contribution in [0.5, 0.6) is 0 Å². The van der Waals surface area contributed by atoms with Crippen LogP contribution in [-0.4, -0.2) is 0 Å². The number of hydrogen-bond donors (Lipinski definition) is 1. The van der Waals surface area contributed by atoms with E-state index < -0.39 is 29.0 Å². The van der Waals surface area contributed by atoms with Crippen molar-refractivity contribution in [3.05, 3.63) is 64.2 Å². The van der Waals surface area contributed by atoms with Gasteiger partial charge in [-0.15, -0.1) is 0 Å². The predicted molar refractivity (Wildman–Crippen MR) is 65.1 cm³/mol. The van der Waals surface area contributed by atoms with E-state index in [1.165, 1.54) is 0 Å². The van der Waals surface area contributed by atoms with E-state index in [-0.39, 0.29) is 12.6 Å². The molecule has 0 aliphatic rings. The van der Waals surface area contributed by atoms with Crippen LogP contribution in [0, 0.1) is 23.3 Å². The van der Waals surface area contributed by atoms with Crippen LogP contribution in [0.1, 0.15) is 5.56 Å². The van der Waals surface area contributed by atoms with E-state index in [9.17, 15) is 17.6 Å². The molecule has 1 nitrogen and oxygen atoms in total. The maximum absolute atomic E-state index is 13.3. The van der Waals surface area contributed by atoms with Gasteiger partial charge in [-0.05, 0) is 17.7 Å². The Bertz CT molecular complexity index is 572. The van der Waals surface area contributed by atoms with E-state index in [0.29, 0.717) is 10.6 Å². The Hall–Kier alpha value is -1.75. The molecule has 0 unspecified atom stereocenters. The third-order valence-electron chi connectivity index (χ3n) is 2.49. The van der Waals surface area contributed by atoms with Crippen LogP contribution in [0.4, 0.5) is 23.2 Å². The van der Waals surface area contributed by atoms with Crippen molar-refractivity contribution < 1.29 is 17.6 Å². The summed E-state index contributed by atoms with van der Waals surface area (Å²) in [5.74, 6) is -5.80. The van der Waals surface area contributed by atoms with E-state index >= 15 is 0 Å².